The number of hydrogen-bond donors (Lipinski definition) is 3. The number of rotatable bonds is 5. The van der Waals surface area contributed by atoms with Crippen LogP contribution in [0.3, 0.4) is 0 Å². The van der Waals surface area contributed by atoms with Crippen molar-refractivity contribution in [3.63, 3.8) is 0 Å². The Kier molecular flexibility index (Phi) is 5.79. The number of aliphatic hydroxyl groups excluding tert-OH is 2. The van der Waals surface area contributed by atoms with Gasteiger partial charge in [-0.05, 0) is 29.8 Å². The molecule has 1 aromatic heterocycles. The highest BCUT2D eigenvalue weighted by atomic mass is 35.5. The second kappa shape index (κ2) is 8.35. The molecular weight excluding hydrogens is 428 g/mol. The lowest BCUT2D eigenvalue weighted by Crippen LogP contribution is -2.28. The average Bonchev–Trinajstić information content (AvgIpc) is 2.88. The van der Waals surface area contributed by atoms with Crippen LogP contribution in [0.4, 0.5) is 11.8 Å². The van der Waals surface area contributed by atoms with Gasteiger partial charge in [-0.1, -0.05) is 29.8 Å². The number of fused-ring (bicyclic) bond motifs is 2. The fourth-order valence-electron chi connectivity index (χ4n) is 3.38. The van der Waals surface area contributed by atoms with Crippen LogP contribution >= 0.6 is 11.6 Å². The maximum absolute atomic E-state index is 12.7. The molecule has 0 bridgehead atoms. The summed E-state index contributed by atoms with van der Waals surface area (Å²) >= 11 is 6.13. The van der Waals surface area contributed by atoms with Crippen LogP contribution in [0.1, 0.15) is 5.56 Å². The van der Waals surface area contributed by atoms with Crippen LogP contribution in [-0.2, 0) is 16.4 Å². The minimum Gasteiger partial charge on any atom is -0.394 e. The molecule has 10 heteroatoms. The predicted molar refractivity (Wildman–Crippen MR) is 116 cm³/mol. The number of benzene rings is 2. The van der Waals surface area contributed by atoms with E-state index in [9.17, 15) is 13.5 Å². The Balaban J connectivity index is 1.76. The average molecular weight is 449 g/mol. The van der Waals surface area contributed by atoms with Crippen LogP contribution in [0.25, 0.3) is 10.9 Å². The van der Waals surface area contributed by atoms with Crippen LogP contribution < -0.4 is 10.2 Å². The van der Waals surface area contributed by atoms with Gasteiger partial charge >= 0.3 is 0 Å². The zero-order chi connectivity index (χ0) is 21.3. The topological polar surface area (TPSA) is 116 Å². The smallest absolute Gasteiger partial charge is 0.228 e. The van der Waals surface area contributed by atoms with Crippen LogP contribution in [0.15, 0.2) is 47.4 Å². The Morgan fingerprint density at radius 2 is 2.00 bits per heavy atom. The van der Waals surface area contributed by atoms with E-state index in [0.717, 1.165) is 0 Å². The molecule has 0 radical (unpaired) electrons. The molecule has 0 saturated carbocycles. The van der Waals surface area contributed by atoms with Gasteiger partial charge in [0.15, 0.2) is 9.84 Å². The van der Waals surface area contributed by atoms with Gasteiger partial charge in [-0.2, -0.15) is 4.98 Å². The highest BCUT2D eigenvalue weighted by Gasteiger charge is 2.26. The van der Waals surface area contributed by atoms with E-state index in [2.05, 4.69) is 15.3 Å². The van der Waals surface area contributed by atoms with Gasteiger partial charge in [0.25, 0.3) is 0 Å². The third-order valence-electron chi connectivity index (χ3n) is 4.94. The van der Waals surface area contributed by atoms with E-state index in [-0.39, 0.29) is 25.4 Å². The van der Waals surface area contributed by atoms with E-state index in [1.807, 2.05) is 11.0 Å². The largest absolute Gasteiger partial charge is 0.394 e. The number of hydrogen-bond acceptors (Lipinski definition) is 8. The van der Waals surface area contributed by atoms with Gasteiger partial charge < -0.3 is 20.4 Å². The van der Waals surface area contributed by atoms with Crippen molar-refractivity contribution < 1.29 is 18.6 Å². The van der Waals surface area contributed by atoms with Gasteiger partial charge in [0, 0.05) is 30.0 Å². The van der Waals surface area contributed by atoms with E-state index in [1.165, 1.54) is 0 Å². The van der Waals surface area contributed by atoms with Crippen molar-refractivity contribution in [2.75, 3.05) is 35.7 Å². The van der Waals surface area contributed by atoms with Crippen LogP contribution in [0, 0.1) is 0 Å². The van der Waals surface area contributed by atoms with Gasteiger partial charge in [0.1, 0.15) is 5.82 Å². The number of aromatic nitrogens is 2. The fourth-order valence-corrected chi connectivity index (χ4v) is 5.05. The summed E-state index contributed by atoms with van der Waals surface area (Å²) in [4.78, 5) is 11.4. The van der Waals surface area contributed by atoms with E-state index in [0.29, 0.717) is 44.7 Å². The fraction of sp³-hybridized carbons (Fsp3) is 0.300. The summed E-state index contributed by atoms with van der Waals surface area (Å²) in [5.74, 6) is 0.779. The Morgan fingerprint density at radius 3 is 2.80 bits per heavy atom. The number of nitrogens with zero attached hydrogens (tertiary/aromatic N) is 3. The van der Waals surface area contributed by atoms with Crippen molar-refractivity contribution >= 4 is 44.1 Å². The number of halogens is 1. The number of aliphatic hydroxyl groups is 2. The summed E-state index contributed by atoms with van der Waals surface area (Å²) < 4.78 is 25.3. The van der Waals surface area contributed by atoms with E-state index in [4.69, 9.17) is 16.7 Å². The lowest BCUT2D eigenvalue weighted by Gasteiger charge is -2.22. The molecule has 1 atom stereocenters. The van der Waals surface area contributed by atoms with Gasteiger partial charge in [-0.15, -0.1) is 0 Å². The monoisotopic (exact) mass is 448 g/mol. The molecule has 8 nitrogen and oxygen atoms in total. The number of nitrogens with one attached hydrogen (secondary N) is 1. The molecule has 30 heavy (non-hydrogen) atoms. The Morgan fingerprint density at radius 1 is 1.20 bits per heavy atom. The van der Waals surface area contributed by atoms with E-state index in [1.54, 1.807) is 36.4 Å². The van der Waals surface area contributed by atoms with Crippen LogP contribution in [-0.4, -0.2) is 60.2 Å². The molecule has 3 aromatic rings. The van der Waals surface area contributed by atoms with Crippen molar-refractivity contribution in [2.45, 2.75) is 17.5 Å². The van der Waals surface area contributed by atoms with Crippen molar-refractivity contribution in [3.8, 4) is 0 Å². The zero-order valence-electron chi connectivity index (χ0n) is 16.0. The second-order valence-corrected chi connectivity index (χ2v) is 9.61. The van der Waals surface area contributed by atoms with Gasteiger partial charge in [0.05, 0.1) is 28.9 Å². The Bertz CT molecular complexity index is 1190. The quantitative estimate of drug-likeness (QED) is 0.541. The zero-order valence-corrected chi connectivity index (χ0v) is 17.6. The number of sulfone groups is 1. The molecule has 3 N–H and O–H groups in total. The molecular formula is C20H21ClN4O4S. The van der Waals surface area contributed by atoms with Gasteiger partial charge in [-0.3, -0.25) is 0 Å². The normalized spacial score (nSPS) is 16.7. The molecule has 0 aliphatic carbocycles. The van der Waals surface area contributed by atoms with Crippen LogP contribution in [0.5, 0.6) is 0 Å². The summed E-state index contributed by atoms with van der Waals surface area (Å²) in [6, 6.07) is 12.1. The maximum atomic E-state index is 12.7. The molecule has 0 fully saturated rings. The first-order valence-electron chi connectivity index (χ1n) is 9.43. The summed E-state index contributed by atoms with van der Waals surface area (Å²) in [7, 11) is -3.39. The third kappa shape index (κ3) is 4.20. The predicted octanol–water partition coefficient (Wildman–Crippen LogP) is 1.84. The molecule has 1 aliphatic rings. The first kappa shape index (κ1) is 20.8. The Hall–Kier alpha value is -2.46. The SMILES string of the molecule is O=S1(=O)CCN(c2nc(NCC(O)CO)c3cc(Cl)ccc3n2)Cc2ccccc21. The summed E-state index contributed by atoms with van der Waals surface area (Å²) in [6.45, 7) is 0.304. The first-order valence-corrected chi connectivity index (χ1v) is 11.5. The molecule has 158 valence electrons. The number of anilines is 2. The molecule has 4 rings (SSSR count). The molecule has 0 amide bonds. The molecule has 0 saturated heterocycles. The highest BCUT2D eigenvalue weighted by molar-refractivity contribution is 7.91. The second-order valence-electron chi connectivity index (χ2n) is 7.10. The van der Waals surface area contributed by atoms with E-state index >= 15 is 0 Å². The van der Waals surface area contributed by atoms with Crippen molar-refractivity contribution in [1.29, 1.82) is 0 Å². The van der Waals surface area contributed by atoms with Crippen molar-refractivity contribution in [2.24, 2.45) is 0 Å². The first-order chi connectivity index (χ1) is 14.4. The van der Waals surface area contributed by atoms with Crippen molar-refractivity contribution in [3.05, 3.63) is 53.1 Å². The summed E-state index contributed by atoms with van der Waals surface area (Å²) in [5.41, 5.74) is 1.32. The minimum absolute atomic E-state index is 0.0436. The molecule has 0 spiro atoms. The van der Waals surface area contributed by atoms with E-state index < -0.39 is 15.9 Å². The maximum Gasteiger partial charge on any atom is 0.228 e. The van der Waals surface area contributed by atoms with Crippen LogP contribution in [0.2, 0.25) is 5.02 Å². The molecule has 2 heterocycles. The van der Waals surface area contributed by atoms with Gasteiger partial charge in [-0.25, -0.2) is 13.4 Å². The summed E-state index contributed by atoms with van der Waals surface area (Å²) in [5, 5.41) is 23.0. The van der Waals surface area contributed by atoms with Crippen molar-refractivity contribution in [1.82, 2.24) is 9.97 Å². The highest BCUT2D eigenvalue weighted by Crippen LogP contribution is 2.29. The summed E-state index contributed by atoms with van der Waals surface area (Å²) in [6.07, 6.45) is -0.951. The molecule has 1 aliphatic heterocycles. The lowest BCUT2D eigenvalue weighted by atomic mass is 10.2. The third-order valence-corrected chi connectivity index (χ3v) is 6.97. The Labute approximate surface area is 179 Å². The lowest BCUT2D eigenvalue weighted by molar-refractivity contribution is 0.105. The minimum atomic E-state index is -3.39. The van der Waals surface area contributed by atoms with Gasteiger partial charge in [0.2, 0.25) is 5.95 Å². The standard InChI is InChI=1S/C20H21ClN4O4S/c21-14-5-6-17-16(9-14)19(22-10-15(27)12-26)24-20(23-17)25-7-8-30(28,29)18-4-2-1-3-13(18)11-25/h1-6,9,15,26-27H,7-8,10-12H2,(H,22,23,24). The molecule has 1 unspecified atom stereocenters. The molecule has 2 aromatic carbocycles.